The van der Waals surface area contributed by atoms with Gasteiger partial charge in [-0.3, -0.25) is 19.7 Å². The van der Waals surface area contributed by atoms with E-state index in [2.05, 4.69) is 5.43 Å². The molecule has 1 amide bonds. The Morgan fingerprint density at radius 3 is 2.38 bits per heavy atom. The van der Waals surface area contributed by atoms with Crippen LogP contribution in [0, 0.1) is 13.8 Å². The number of carbonyl (C=O) groups excluding carboxylic acids is 1. The molecule has 0 unspecified atom stereocenters. The summed E-state index contributed by atoms with van der Waals surface area (Å²) in [6.45, 7) is 3.77. The van der Waals surface area contributed by atoms with Gasteiger partial charge < -0.3 is 5.11 Å². The molecule has 1 heterocycles. The number of aromatic nitrogens is 1. The van der Waals surface area contributed by atoms with Crippen molar-refractivity contribution in [3.8, 4) is 0 Å². The largest absolute Gasteiger partial charge is 0.481 e. The van der Waals surface area contributed by atoms with Crippen molar-refractivity contribution in [1.82, 2.24) is 4.68 Å². The highest BCUT2D eigenvalue weighted by Crippen LogP contribution is 2.05. The third-order valence-electron chi connectivity index (χ3n) is 1.97. The average molecular weight is 242 g/mol. The fraction of sp³-hybridized carbons (Fsp3) is 0.400. The number of nitrogens with one attached hydrogen (secondary N) is 1. The molecule has 0 atom stereocenters. The number of nitrogens with zero attached hydrogens (tertiary/aromatic N) is 1. The highest BCUT2D eigenvalue weighted by molar-refractivity contribution is 8.00. The molecule has 1 aromatic heterocycles. The fourth-order valence-corrected chi connectivity index (χ4v) is 1.76. The molecule has 0 fully saturated rings. The van der Waals surface area contributed by atoms with Crippen molar-refractivity contribution in [1.29, 1.82) is 0 Å². The Bertz CT molecular complexity index is 381. The van der Waals surface area contributed by atoms with E-state index in [0.717, 1.165) is 23.1 Å². The SMILES string of the molecule is Cc1ccc(C)n1NC(=O)CSCC(=O)O. The van der Waals surface area contributed by atoms with Gasteiger partial charge in [-0.15, -0.1) is 11.8 Å². The number of carboxylic acid groups (broad SMARTS) is 1. The van der Waals surface area contributed by atoms with E-state index in [9.17, 15) is 9.59 Å². The molecule has 0 saturated heterocycles. The van der Waals surface area contributed by atoms with Crippen LogP contribution in [0.2, 0.25) is 0 Å². The molecule has 0 bridgehead atoms. The van der Waals surface area contributed by atoms with Crippen LogP contribution in [-0.2, 0) is 9.59 Å². The first-order valence-electron chi connectivity index (χ1n) is 4.75. The summed E-state index contributed by atoms with van der Waals surface area (Å²) in [4.78, 5) is 21.7. The third kappa shape index (κ3) is 3.62. The van der Waals surface area contributed by atoms with Crippen LogP contribution in [0.15, 0.2) is 12.1 Å². The van der Waals surface area contributed by atoms with Crippen LogP contribution in [0.4, 0.5) is 0 Å². The number of rotatable bonds is 5. The Morgan fingerprint density at radius 1 is 1.31 bits per heavy atom. The molecule has 0 saturated carbocycles. The van der Waals surface area contributed by atoms with Crippen LogP contribution in [0.3, 0.4) is 0 Å². The molecule has 0 spiro atoms. The maximum Gasteiger partial charge on any atom is 0.313 e. The second-order valence-corrected chi connectivity index (χ2v) is 4.36. The Morgan fingerprint density at radius 2 is 1.88 bits per heavy atom. The van der Waals surface area contributed by atoms with Crippen molar-refractivity contribution in [3.63, 3.8) is 0 Å². The Labute approximate surface area is 97.8 Å². The maximum atomic E-state index is 11.5. The van der Waals surface area contributed by atoms with Gasteiger partial charge in [-0.2, -0.15) is 0 Å². The minimum absolute atomic E-state index is 0.0585. The summed E-state index contributed by atoms with van der Waals surface area (Å²) in [7, 11) is 0. The predicted octanol–water partition coefficient (Wildman–Crippen LogP) is 0.993. The summed E-state index contributed by atoms with van der Waals surface area (Å²) in [6.07, 6.45) is 0. The van der Waals surface area contributed by atoms with E-state index in [1.165, 1.54) is 0 Å². The topological polar surface area (TPSA) is 71.3 Å². The van der Waals surface area contributed by atoms with Gasteiger partial charge in [0.25, 0.3) is 0 Å². The quantitative estimate of drug-likeness (QED) is 0.807. The van der Waals surface area contributed by atoms with E-state index in [-0.39, 0.29) is 17.4 Å². The molecule has 88 valence electrons. The van der Waals surface area contributed by atoms with Crippen LogP contribution >= 0.6 is 11.8 Å². The first-order valence-corrected chi connectivity index (χ1v) is 5.90. The van der Waals surface area contributed by atoms with E-state index < -0.39 is 5.97 Å². The zero-order valence-electron chi connectivity index (χ0n) is 9.19. The van der Waals surface area contributed by atoms with Crippen LogP contribution < -0.4 is 5.43 Å². The smallest absolute Gasteiger partial charge is 0.313 e. The Kier molecular flexibility index (Phi) is 4.42. The lowest BCUT2D eigenvalue weighted by molar-refractivity contribution is -0.133. The normalized spacial score (nSPS) is 10.1. The first kappa shape index (κ1) is 12.6. The highest BCUT2D eigenvalue weighted by atomic mass is 32.2. The molecule has 16 heavy (non-hydrogen) atoms. The average Bonchev–Trinajstić information content (AvgIpc) is 2.49. The van der Waals surface area contributed by atoms with Gasteiger partial charge in [-0.1, -0.05) is 0 Å². The van der Waals surface area contributed by atoms with Crippen molar-refractivity contribution >= 4 is 23.6 Å². The van der Waals surface area contributed by atoms with Gasteiger partial charge >= 0.3 is 5.97 Å². The zero-order chi connectivity index (χ0) is 12.1. The van der Waals surface area contributed by atoms with Gasteiger partial charge in [-0.05, 0) is 26.0 Å². The predicted molar refractivity (Wildman–Crippen MR) is 63.2 cm³/mol. The minimum Gasteiger partial charge on any atom is -0.481 e. The monoisotopic (exact) mass is 242 g/mol. The number of thioether (sulfide) groups is 1. The van der Waals surface area contributed by atoms with Gasteiger partial charge in [0.05, 0.1) is 11.5 Å². The number of hydrogen-bond donors (Lipinski definition) is 2. The maximum absolute atomic E-state index is 11.5. The molecule has 2 N–H and O–H groups in total. The molecule has 0 radical (unpaired) electrons. The second-order valence-electron chi connectivity index (χ2n) is 3.37. The second kappa shape index (κ2) is 5.60. The van der Waals surface area contributed by atoms with E-state index in [1.807, 2.05) is 26.0 Å². The highest BCUT2D eigenvalue weighted by Gasteiger charge is 2.07. The molecule has 0 aromatic carbocycles. The fourth-order valence-electron chi connectivity index (χ4n) is 1.23. The third-order valence-corrected chi connectivity index (χ3v) is 2.88. The Balaban J connectivity index is 2.43. The lowest BCUT2D eigenvalue weighted by atomic mass is 10.5. The van der Waals surface area contributed by atoms with Crippen LogP contribution in [0.1, 0.15) is 11.4 Å². The van der Waals surface area contributed by atoms with Gasteiger partial charge in [0, 0.05) is 11.4 Å². The van der Waals surface area contributed by atoms with E-state index in [4.69, 9.17) is 5.11 Å². The van der Waals surface area contributed by atoms with Gasteiger partial charge in [0.2, 0.25) is 5.91 Å². The number of hydrogen-bond acceptors (Lipinski definition) is 3. The first-order chi connectivity index (χ1) is 7.50. The van der Waals surface area contributed by atoms with Gasteiger partial charge in [0.1, 0.15) is 0 Å². The summed E-state index contributed by atoms with van der Waals surface area (Å²) < 4.78 is 1.68. The molecular weight excluding hydrogens is 228 g/mol. The van der Waals surface area contributed by atoms with E-state index >= 15 is 0 Å². The van der Waals surface area contributed by atoms with Crippen molar-refractivity contribution in [3.05, 3.63) is 23.5 Å². The summed E-state index contributed by atoms with van der Waals surface area (Å²) in [5, 5.41) is 8.41. The molecule has 0 aliphatic rings. The van der Waals surface area contributed by atoms with Gasteiger partial charge in [-0.25, -0.2) is 0 Å². The molecule has 1 aromatic rings. The molecule has 1 rings (SSSR count). The lowest BCUT2D eigenvalue weighted by Gasteiger charge is -2.10. The molecule has 5 nitrogen and oxygen atoms in total. The van der Waals surface area contributed by atoms with Gasteiger partial charge in [0.15, 0.2) is 0 Å². The van der Waals surface area contributed by atoms with Crippen LogP contribution in [0.5, 0.6) is 0 Å². The number of aryl methyl sites for hydroxylation is 2. The summed E-state index contributed by atoms with van der Waals surface area (Å²) in [5.74, 6) is -1.03. The van der Waals surface area contributed by atoms with Crippen molar-refractivity contribution in [2.45, 2.75) is 13.8 Å². The number of amides is 1. The van der Waals surface area contributed by atoms with Crippen molar-refractivity contribution in [2.24, 2.45) is 0 Å². The lowest BCUT2D eigenvalue weighted by Crippen LogP contribution is -2.26. The van der Waals surface area contributed by atoms with E-state index in [1.54, 1.807) is 4.68 Å². The van der Waals surface area contributed by atoms with Crippen LogP contribution in [0.25, 0.3) is 0 Å². The summed E-state index contributed by atoms with van der Waals surface area (Å²) >= 11 is 1.08. The number of carboxylic acids is 1. The van der Waals surface area contributed by atoms with Crippen molar-refractivity contribution in [2.75, 3.05) is 16.9 Å². The minimum atomic E-state index is -0.911. The van der Waals surface area contributed by atoms with Crippen molar-refractivity contribution < 1.29 is 14.7 Å². The molecule has 6 heteroatoms. The number of aliphatic carboxylic acids is 1. The van der Waals surface area contributed by atoms with E-state index in [0.29, 0.717) is 0 Å². The standard InChI is InChI=1S/C10H14N2O3S/c1-7-3-4-8(2)12(7)11-9(13)5-16-6-10(14)15/h3-4H,5-6H2,1-2H3,(H,11,13)(H,14,15). The molecular formula is C10H14N2O3S. The summed E-state index contributed by atoms with van der Waals surface area (Å²) in [5.41, 5.74) is 4.57. The molecule has 0 aliphatic carbocycles. The zero-order valence-corrected chi connectivity index (χ0v) is 10.0. The molecule has 0 aliphatic heterocycles. The Hall–Kier alpha value is -1.43. The summed E-state index contributed by atoms with van der Waals surface area (Å²) in [6, 6.07) is 3.81. The van der Waals surface area contributed by atoms with Crippen LogP contribution in [-0.4, -0.2) is 33.2 Å². The number of carbonyl (C=O) groups is 2.